The van der Waals surface area contributed by atoms with Gasteiger partial charge in [-0.25, -0.2) is 0 Å². The molecule has 6 heteroatoms. The summed E-state index contributed by atoms with van der Waals surface area (Å²) in [4.78, 5) is 24.1. The van der Waals surface area contributed by atoms with Gasteiger partial charge in [0.2, 0.25) is 5.91 Å². The molecule has 0 saturated heterocycles. The van der Waals surface area contributed by atoms with Gasteiger partial charge < -0.3 is 15.2 Å². The first-order valence-electron chi connectivity index (χ1n) is 15.8. The number of aryl methyl sites for hydroxylation is 1. The van der Waals surface area contributed by atoms with Gasteiger partial charge in [-0.2, -0.15) is 0 Å². The molecule has 5 atom stereocenters. The van der Waals surface area contributed by atoms with Crippen molar-refractivity contribution in [1.82, 2.24) is 5.32 Å². The summed E-state index contributed by atoms with van der Waals surface area (Å²) in [5.41, 5.74) is 1.35. The van der Waals surface area contributed by atoms with Crippen molar-refractivity contribution in [2.24, 2.45) is 11.8 Å². The Morgan fingerprint density at radius 3 is 2.39 bits per heavy atom. The predicted molar refractivity (Wildman–Crippen MR) is 174 cm³/mol. The van der Waals surface area contributed by atoms with Crippen molar-refractivity contribution in [1.29, 1.82) is 0 Å². The van der Waals surface area contributed by atoms with Gasteiger partial charge >= 0.3 is 5.97 Å². The van der Waals surface area contributed by atoms with Gasteiger partial charge in [-0.15, -0.1) is 0 Å². The van der Waals surface area contributed by atoms with Crippen LogP contribution < -0.4 is 5.32 Å². The number of esters is 1. The maximum absolute atomic E-state index is 12.3. The number of benzene rings is 1. The van der Waals surface area contributed by atoms with Gasteiger partial charge in [0.1, 0.15) is 6.10 Å². The second kappa shape index (κ2) is 15.9. The Morgan fingerprint density at radius 2 is 1.78 bits per heavy atom. The summed E-state index contributed by atoms with van der Waals surface area (Å²) >= 11 is 0. The molecule has 1 aromatic rings. The summed E-state index contributed by atoms with van der Waals surface area (Å²) in [6, 6.07) is 10.7. The molecule has 0 heterocycles. The minimum absolute atomic E-state index is 0.00734. The summed E-state index contributed by atoms with van der Waals surface area (Å²) in [5, 5.41) is 14.2. The van der Waals surface area contributed by atoms with Crippen LogP contribution in [0.2, 0.25) is 23.2 Å². The summed E-state index contributed by atoms with van der Waals surface area (Å²) in [6.07, 6.45) is 13.9. The molecule has 2 rings (SSSR count). The topological polar surface area (TPSA) is 75.6 Å². The van der Waals surface area contributed by atoms with Gasteiger partial charge in [0, 0.05) is 31.7 Å². The Hall–Kier alpha value is -2.18. The van der Waals surface area contributed by atoms with Crippen LogP contribution in [0.25, 0.3) is 0 Å². The molecule has 0 aliphatic heterocycles. The number of unbranched alkanes of at least 4 members (excludes halogenated alkanes) is 1. The lowest BCUT2D eigenvalue weighted by Gasteiger charge is -2.50. The van der Waals surface area contributed by atoms with E-state index in [0.717, 1.165) is 32.1 Å². The average molecular weight is 584 g/mol. The van der Waals surface area contributed by atoms with Crippen LogP contribution in [0.1, 0.15) is 92.1 Å². The number of hydrogen-bond acceptors (Lipinski definition) is 4. The molecule has 0 radical (unpaired) electrons. The largest absolute Gasteiger partial charge is 0.462 e. The number of ether oxygens (including phenoxy) is 1. The predicted octanol–water partition coefficient (Wildman–Crippen LogP) is 8.02. The first-order valence-corrected chi connectivity index (χ1v) is 18.8. The zero-order chi connectivity index (χ0) is 30.7. The maximum atomic E-state index is 12.3. The van der Waals surface area contributed by atoms with Gasteiger partial charge in [-0.1, -0.05) is 102 Å². The summed E-state index contributed by atoms with van der Waals surface area (Å²) < 4.78 is 5.91. The fourth-order valence-electron chi connectivity index (χ4n) is 5.93. The van der Waals surface area contributed by atoms with Crippen molar-refractivity contribution in [2.45, 2.75) is 128 Å². The zero-order valence-electron chi connectivity index (χ0n) is 27.0. The molecule has 1 aliphatic carbocycles. The van der Waals surface area contributed by atoms with E-state index in [2.05, 4.69) is 101 Å². The van der Waals surface area contributed by atoms with E-state index in [1.807, 2.05) is 13.8 Å². The Bertz CT molecular complexity index is 1010. The molecule has 5 nitrogen and oxygen atoms in total. The van der Waals surface area contributed by atoms with Crippen LogP contribution >= 0.6 is 0 Å². The van der Waals surface area contributed by atoms with Crippen LogP contribution in [0.3, 0.4) is 0 Å². The van der Waals surface area contributed by atoms with Crippen molar-refractivity contribution < 1.29 is 19.4 Å². The van der Waals surface area contributed by atoms with Crippen LogP contribution in [-0.2, 0) is 20.7 Å². The molecule has 0 spiro atoms. The minimum Gasteiger partial charge on any atom is -0.462 e. The first-order chi connectivity index (χ1) is 19.3. The van der Waals surface area contributed by atoms with Gasteiger partial charge in [0.25, 0.3) is 0 Å². The third-order valence-corrected chi connectivity index (χ3v) is 17.0. The molecule has 230 valence electrons. The third kappa shape index (κ3) is 9.95. The SMILES string of the molecule is CCNC(=O)CCC/C=C\C[C@@H]1[C@@H](/C=C/[C@@](C)(CCc2ccccc2)[Si](C)(C)C(C)(C)C)[C@H](OC(=O)CC)C[C@@H]1O. The van der Waals surface area contributed by atoms with E-state index in [1.54, 1.807) is 0 Å². The number of rotatable bonds is 15. The van der Waals surface area contributed by atoms with E-state index < -0.39 is 14.2 Å². The lowest BCUT2D eigenvalue weighted by Crippen LogP contribution is -2.48. The molecule has 1 aliphatic rings. The van der Waals surface area contributed by atoms with E-state index in [4.69, 9.17) is 4.74 Å². The van der Waals surface area contributed by atoms with Crippen LogP contribution in [0.5, 0.6) is 0 Å². The fraction of sp³-hybridized carbons (Fsp3) is 0.657. The number of aliphatic hydroxyl groups excluding tert-OH is 1. The molecule has 41 heavy (non-hydrogen) atoms. The highest BCUT2D eigenvalue weighted by Gasteiger charge is 2.49. The van der Waals surface area contributed by atoms with E-state index in [-0.39, 0.29) is 39.9 Å². The molecular weight excluding hydrogens is 526 g/mol. The van der Waals surface area contributed by atoms with Crippen LogP contribution in [-0.4, -0.2) is 43.8 Å². The van der Waals surface area contributed by atoms with E-state index in [9.17, 15) is 14.7 Å². The smallest absolute Gasteiger partial charge is 0.305 e. The average Bonchev–Trinajstić information content (AvgIpc) is 3.21. The zero-order valence-corrected chi connectivity index (χ0v) is 28.0. The Morgan fingerprint density at radius 1 is 1.10 bits per heavy atom. The maximum Gasteiger partial charge on any atom is 0.305 e. The summed E-state index contributed by atoms with van der Waals surface area (Å²) in [6.45, 7) is 19.0. The quantitative estimate of drug-likeness (QED) is 0.0949. The van der Waals surface area contributed by atoms with Crippen molar-refractivity contribution in [2.75, 3.05) is 6.54 Å². The van der Waals surface area contributed by atoms with Crippen molar-refractivity contribution in [3.63, 3.8) is 0 Å². The monoisotopic (exact) mass is 583 g/mol. The van der Waals surface area contributed by atoms with Crippen LogP contribution in [0.15, 0.2) is 54.6 Å². The van der Waals surface area contributed by atoms with Crippen molar-refractivity contribution >= 4 is 20.0 Å². The van der Waals surface area contributed by atoms with Gasteiger partial charge in [0.05, 0.1) is 14.2 Å². The number of nitrogens with one attached hydrogen (secondary N) is 1. The molecule has 0 unspecified atom stereocenters. The normalized spacial score (nSPS) is 23.1. The Labute approximate surface area is 251 Å². The molecule has 0 aromatic heterocycles. The molecule has 2 N–H and O–H groups in total. The van der Waals surface area contributed by atoms with Crippen LogP contribution in [0.4, 0.5) is 0 Å². The third-order valence-electron chi connectivity index (χ3n) is 9.95. The lowest BCUT2D eigenvalue weighted by atomic mass is 9.88. The highest BCUT2D eigenvalue weighted by Crippen LogP contribution is 2.55. The second-order valence-corrected chi connectivity index (χ2v) is 19.5. The molecular formula is C35H57NO4Si. The number of carbonyl (C=O) groups excluding carboxylic acids is 2. The number of carbonyl (C=O) groups is 2. The lowest BCUT2D eigenvalue weighted by molar-refractivity contribution is -0.150. The Kier molecular flexibility index (Phi) is 13.6. The van der Waals surface area contributed by atoms with Crippen LogP contribution in [0, 0.1) is 11.8 Å². The molecule has 1 fully saturated rings. The van der Waals surface area contributed by atoms with Gasteiger partial charge in [-0.3, -0.25) is 9.59 Å². The van der Waals surface area contributed by atoms with E-state index in [0.29, 0.717) is 25.8 Å². The number of aliphatic hydroxyl groups is 1. The molecule has 1 aromatic carbocycles. The minimum atomic E-state index is -1.84. The molecule has 0 bridgehead atoms. The van der Waals surface area contributed by atoms with Crippen molar-refractivity contribution in [3.8, 4) is 0 Å². The highest BCUT2D eigenvalue weighted by atomic mass is 28.3. The summed E-state index contributed by atoms with van der Waals surface area (Å²) in [5.74, 6) is -0.173. The first kappa shape index (κ1) is 35.0. The van der Waals surface area contributed by atoms with Gasteiger partial charge in [0.15, 0.2) is 0 Å². The summed E-state index contributed by atoms with van der Waals surface area (Å²) in [7, 11) is -1.84. The Balaban J connectivity index is 2.29. The van der Waals surface area contributed by atoms with Crippen molar-refractivity contribution in [3.05, 3.63) is 60.2 Å². The fourth-order valence-corrected chi connectivity index (χ4v) is 8.91. The van der Waals surface area contributed by atoms with Gasteiger partial charge in [-0.05, 0) is 60.6 Å². The van der Waals surface area contributed by atoms with E-state index in [1.165, 1.54) is 5.56 Å². The molecule has 1 saturated carbocycles. The highest BCUT2D eigenvalue weighted by molar-refractivity contribution is 6.83. The standard InChI is InChI=1S/C35H57NO4Si/c1-9-33(39)40-31-26-30(37)28(20-16-11-12-17-21-32(38)36-10-2)29(31)23-25-35(6,41(7,8)34(3,4)5)24-22-27-18-14-13-15-19-27/h11,13-16,18-19,23,25,28-31,37H,9-10,12,17,20-22,24,26H2,1-8H3,(H,36,38)/b16-11-,25-23+/t28-,29-,30+,31-,35-/m1/s1. The number of amides is 1. The molecule has 1 amide bonds. The number of hydrogen-bond donors (Lipinski definition) is 2. The number of allylic oxidation sites excluding steroid dienone is 3. The second-order valence-electron chi connectivity index (χ2n) is 13.6. The van der Waals surface area contributed by atoms with E-state index >= 15 is 0 Å².